The quantitative estimate of drug-likeness (QED) is 0.514. The van der Waals surface area contributed by atoms with E-state index in [2.05, 4.69) is 6.92 Å². The molecule has 0 aromatic heterocycles. The molecule has 0 aliphatic rings. The van der Waals surface area contributed by atoms with Crippen LogP contribution in [0.4, 0.5) is 5.69 Å². The topological polar surface area (TPSA) is 66.5 Å². The zero-order chi connectivity index (χ0) is 11.3. The number of benzene rings is 1. The number of aromatic hydroxyl groups is 1. The highest BCUT2D eigenvalue weighted by molar-refractivity contribution is 5.53. The van der Waals surface area contributed by atoms with Crippen molar-refractivity contribution in [3.8, 4) is 5.75 Å². The molecular weight excluding hydrogens is 190 g/mol. The lowest BCUT2D eigenvalue weighted by atomic mass is 9.91. The highest BCUT2D eigenvalue weighted by Crippen LogP contribution is 2.29. The van der Waals surface area contributed by atoms with Crippen LogP contribution in [0.2, 0.25) is 0 Å². The lowest BCUT2D eigenvalue weighted by molar-refractivity contribution is 0.272. The molecule has 0 aliphatic heterocycles. The standard InChI is InChI=1S/C12H19NO2/c1-2-3-9(6-7-14)10-4-5-12(15)11(13)8-10/h4-5,8-9,14-15H,2-3,6-7,13H2,1H3. The number of rotatable bonds is 5. The van der Waals surface area contributed by atoms with Crippen molar-refractivity contribution >= 4 is 5.69 Å². The Balaban J connectivity index is 2.85. The van der Waals surface area contributed by atoms with Crippen LogP contribution in [0.3, 0.4) is 0 Å². The first kappa shape index (κ1) is 11.9. The Morgan fingerprint density at radius 1 is 1.33 bits per heavy atom. The first-order chi connectivity index (χ1) is 7.19. The summed E-state index contributed by atoms with van der Waals surface area (Å²) in [5, 5.41) is 18.3. The van der Waals surface area contributed by atoms with Crippen molar-refractivity contribution in [2.24, 2.45) is 0 Å². The molecule has 1 aromatic rings. The Morgan fingerprint density at radius 2 is 2.07 bits per heavy atom. The summed E-state index contributed by atoms with van der Waals surface area (Å²) < 4.78 is 0. The number of anilines is 1. The zero-order valence-electron chi connectivity index (χ0n) is 9.11. The van der Waals surface area contributed by atoms with Gasteiger partial charge >= 0.3 is 0 Å². The molecule has 3 nitrogen and oxygen atoms in total. The second-order valence-electron chi connectivity index (χ2n) is 3.82. The van der Waals surface area contributed by atoms with Gasteiger partial charge in [0.15, 0.2) is 0 Å². The van der Waals surface area contributed by atoms with E-state index in [-0.39, 0.29) is 12.4 Å². The van der Waals surface area contributed by atoms with Crippen molar-refractivity contribution in [2.75, 3.05) is 12.3 Å². The average Bonchev–Trinajstić information content (AvgIpc) is 2.22. The van der Waals surface area contributed by atoms with Gasteiger partial charge < -0.3 is 15.9 Å². The van der Waals surface area contributed by atoms with Gasteiger partial charge in [-0.15, -0.1) is 0 Å². The summed E-state index contributed by atoms with van der Waals surface area (Å²) in [6, 6.07) is 5.29. The number of hydrogen-bond donors (Lipinski definition) is 3. The predicted octanol–water partition coefficient (Wildman–Crippen LogP) is 2.24. The second kappa shape index (κ2) is 5.61. The molecule has 84 valence electrons. The Labute approximate surface area is 90.5 Å². The Morgan fingerprint density at radius 3 is 2.60 bits per heavy atom. The zero-order valence-corrected chi connectivity index (χ0v) is 9.11. The largest absolute Gasteiger partial charge is 0.506 e. The number of nitrogen functional groups attached to an aromatic ring is 1. The van der Waals surface area contributed by atoms with E-state index in [4.69, 9.17) is 10.8 Å². The molecule has 0 saturated carbocycles. The lowest BCUT2D eigenvalue weighted by Crippen LogP contribution is -2.02. The summed E-state index contributed by atoms with van der Waals surface area (Å²) in [5.41, 5.74) is 7.15. The minimum atomic E-state index is 0.123. The van der Waals surface area contributed by atoms with E-state index < -0.39 is 0 Å². The first-order valence-corrected chi connectivity index (χ1v) is 5.38. The fraction of sp³-hybridized carbons (Fsp3) is 0.500. The van der Waals surface area contributed by atoms with Crippen molar-refractivity contribution in [1.29, 1.82) is 0 Å². The van der Waals surface area contributed by atoms with Crippen molar-refractivity contribution in [1.82, 2.24) is 0 Å². The molecule has 0 fully saturated rings. The van der Waals surface area contributed by atoms with Gasteiger partial charge in [0.05, 0.1) is 5.69 Å². The third-order valence-corrected chi connectivity index (χ3v) is 2.64. The van der Waals surface area contributed by atoms with E-state index in [1.807, 2.05) is 6.07 Å². The van der Waals surface area contributed by atoms with Crippen LogP contribution in [-0.4, -0.2) is 16.8 Å². The van der Waals surface area contributed by atoms with Gasteiger partial charge in [-0.25, -0.2) is 0 Å². The Kier molecular flexibility index (Phi) is 4.43. The van der Waals surface area contributed by atoms with E-state index in [1.165, 1.54) is 0 Å². The van der Waals surface area contributed by atoms with Gasteiger partial charge in [-0.1, -0.05) is 19.4 Å². The van der Waals surface area contributed by atoms with Gasteiger partial charge in [0, 0.05) is 6.61 Å². The molecule has 0 bridgehead atoms. The van der Waals surface area contributed by atoms with Crippen LogP contribution in [0.25, 0.3) is 0 Å². The molecule has 3 heteroatoms. The summed E-state index contributed by atoms with van der Waals surface area (Å²) in [7, 11) is 0. The minimum Gasteiger partial charge on any atom is -0.506 e. The number of aliphatic hydroxyl groups excluding tert-OH is 1. The van der Waals surface area contributed by atoms with Crippen LogP contribution in [0.1, 0.15) is 37.7 Å². The number of nitrogens with two attached hydrogens (primary N) is 1. The third-order valence-electron chi connectivity index (χ3n) is 2.64. The number of hydrogen-bond acceptors (Lipinski definition) is 3. The molecule has 1 rings (SSSR count). The predicted molar refractivity (Wildman–Crippen MR) is 61.9 cm³/mol. The van der Waals surface area contributed by atoms with Gasteiger partial charge in [0.1, 0.15) is 5.75 Å². The van der Waals surface area contributed by atoms with Crippen molar-refractivity contribution in [2.45, 2.75) is 32.1 Å². The Hall–Kier alpha value is -1.22. The monoisotopic (exact) mass is 209 g/mol. The fourth-order valence-electron chi connectivity index (χ4n) is 1.81. The van der Waals surface area contributed by atoms with E-state index in [0.717, 1.165) is 24.8 Å². The van der Waals surface area contributed by atoms with Gasteiger partial charge in [0.2, 0.25) is 0 Å². The third kappa shape index (κ3) is 3.13. The lowest BCUT2D eigenvalue weighted by Gasteiger charge is -2.16. The molecule has 1 aromatic carbocycles. The maximum Gasteiger partial charge on any atom is 0.138 e. The van der Waals surface area contributed by atoms with Gasteiger partial charge in [-0.3, -0.25) is 0 Å². The molecule has 0 spiro atoms. The molecule has 0 heterocycles. The molecular formula is C12H19NO2. The number of aliphatic hydroxyl groups is 1. The van der Waals surface area contributed by atoms with Crippen LogP contribution in [0, 0.1) is 0 Å². The summed E-state index contributed by atoms with van der Waals surface area (Å²) in [6.45, 7) is 2.31. The van der Waals surface area contributed by atoms with Crippen LogP contribution in [-0.2, 0) is 0 Å². The highest BCUT2D eigenvalue weighted by atomic mass is 16.3. The Bertz CT molecular complexity index is 306. The van der Waals surface area contributed by atoms with Crippen molar-refractivity contribution < 1.29 is 10.2 Å². The van der Waals surface area contributed by atoms with Gasteiger partial charge in [0.25, 0.3) is 0 Å². The second-order valence-corrected chi connectivity index (χ2v) is 3.82. The van der Waals surface area contributed by atoms with E-state index in [9.17, 15) is 5.11 Å². The maximum atomic E-state index is 9.31. The molecule has 1 atom stereocenters. The minimum absolute atomic E-state index is 0.123. The average molecular weight is 209 g/mol. The molecule has 0 saturated heterocycles. The fourth-order valence-corrected chi connectivity index (χ4v) is 1.81. The summed E-state index contributed by atoms with van der Waals surface area (Å²) in [6.07, 6.45) is 2.86. The van der Waals surface area contributed by atoms with Crippen molar-refractivity contribution in [3.05, 3.63) is 23.8 Å². The van der Waals surface area contributed by atoms with E-state index in [1.54, 1.807) is 12.1 Å². The molecule has 4 N–H and O–H groups in total. The summed E-state index contributed by atoms with van der Waals surface area (Å²) >= 11 is 0. The molecule has 0 aliphatic carbocycles. The van der Waals surface area contributed by atoms with Crippen LogP contribution >= 0.6 is 0 Å². The maximum absolute atomic E-state index is 9.31. The van der Waals surface area contributed by atoms with E-state index >= 15 is 0 Å². The van der Waals surface area contributed by atoms with E-state index in [0.29, 0.717) is 11.6 Å². The van der Waals surface area contributed by atoms with Crippen LogP contribution < -0.4 is 5.73 Å². The summed E-state index contributed by atoms with van der Waals surface area (Å²) in [5.74, 6) is 0.459. The SMILES string of the molecule is CCCC(CCO)c1ccc(O)c(N)c1. The number of phenolic OH excluding ortho intramolecular Hbond substituents is 1. The molecule has 0 amide bonds. The van der Waals surface area contributed by atoms with Gasteiger partial charge in [-0.05, 0) is 36.5 Å². The molecule has 1 unspecified atom stereocenters. The smallest absolute Gasteiger partial charge is 0.138 e. The molecule has 0 radical (unpaired) electrons. The molecule has 15 heavy (non-hydrogen) atoms. The van der Waals surface area contributed by atoms with Gasteiger partial charge in [-0.2, -0.15) is 0 Å². The highest BCUT2D eigenvalue weighted by Gasteiger charge is 2.11. The van der Waals surface area contributed by atoms with Crippen LogP contribution in [0.15, 0.2) is 18.2 Å². The number of phenols is 1. The normalized spacial score (nSPS) is 12.7. The van der Waals surface area contributed by atoms with Crippen molar-refractivity contribution in [3.63, 3.8) is 0 Å². The first-order valence-electron chi connectivity index (χ1n) is 5.38. The summed E-state index contributed by atoms with van der Waals surface area (Å²) in [4.78, 5) is 0. The van der Waals surface area contributed by atoms with Crippen LogP contribution in [0.5, 0.6) is 5.75 Å².